The lowest BCUT2D eigenvalue weighted by Crippen LogP contribution is -2.42. The van der Waals surface area contributed by atoms with Crippen LogP contribution in [0.4, 0.5) is 4.39 Å². The molecule has 2 nitrogen and oxygen atoms in total. The Kier molecular flexibility index (Phi) is 7.03. The van der Waals surface area contributed by atoms with Gasteiger partial charge in [0.1, 0.15) is 5.82 Å². The number of hydrogen-bond acceptors (Lipinski definition) is 2. The minimum Gasteiger partial charge on any atom is -0.271 e. The number of nitrogens with two attached hydrogens (primary N) is 1. The molecule has 1 aromatic rings. The van der Waals surface area contributed by atoms with Crippen LogP contribution >= 0.6 is 0 Å². The standard InChI is InChI=1S/C16H27FN2/c1-4-6-13(7-5-2)16(19-18)11-14-10-15(17)9-8-12(14)3/h8-10,13,16,19H,4-7,11,18H2,1-3H3. The zero-order valence-corrected chi connectivity index (χ0v) is 12.4. The molecule has 1 unspecified atom stereocenters. The first kappa shape index (κ1) is 16.1. The second kappa shape index (κ2) is 8.28. The maximum Gasteiger partial charge on any atom is 0.123 e. The highest BCUT2D eigenvalue weighted by atomic mass is 19.1. The second-order valence-electron chi connectivity index (χ2n) is 5.39. The van der Waals surface area contributed by atoms with E-state index in [-0.39, 0.29) is 11.9 Å². The smallest absolute Gasteiger partial charge is 0.123 e. The number of nitrogens with one attached hydrogen (secondary N) is 1. The zero-order valence-electron chi connectivity index (χ0n) is 12.4. The quantitative estimate of drug-likeness (QED) is 0.556. The summed E-state index contributed by atoms with van der Waals surface area (Å²) in [7, 11) is 0. The topological polar surface area (TPSA) is 38.0 Å². The molecule has 0 aliphatic heterocycles. The molecular weight excluding hydrogens is 239 g/mol. The average Bonchev–Trinajstić information content (AvgIpc) is 2.39. The van der Waals surface area contributed by atoms with Crippen LogP contribution < -0.4 is 11.3 Å². The van der Waals surface area contributed by atoms with Gasteiger partial charge in [-0.25, -0.2) is 4.39 Å². The molecule has 108 valence electrons. The predicted octanol–water partition coefficient (Wildman–Crippen LogP) is 3.72. The van der Waals surface area contributed by atoms with Gasteiger partial charge in [0.25, 0.3) is 0 Å². The van der Waals surface area contributed by atoms with E-state index in [1.807, 2.05) is 13.0 Å². The first-order valence-electron chi connectivity index (χ1n) is 7.33. The van der Waals surface area contributed by atoms with Gasteiger partial charge in [0.05, 0.1) is 0 Å². The van der Waals surface area contributed by atoms with Crippen LogP contribution in [0.25, 0.3) is 0 Å². The van der Waals surface area contributed by atoms with Crippen molar-refractivity contribution in [2.24, 2.45) is 11.8 Å². The Bertz CT molecular complexity index is 373. The number of hydrogen-bond donors (Lipinski definition) is 2. The molecule has 0 aromatic heterocycles. The van der Waals surface area contributed by atoms with Crippen LogP contribution in [-0.4, -0.2) is 6.04 Å². The third-order valence-corrected chi connectivity index (χ3v) is 3.85. The van der Waals surface area contributed by atoms with Crippen LogP contribution in [0.2, 0.25) is 0 Å². The fourth-order valence-corrected chi connectivity index (χ4v) is 2.75. The van der Waals surface area contributed by atoms with Crippen molar-refractivity contribution < 1.29 is 4.39 Å². The third-order valence-electron chi connectivity index (χ3n) is 3.85. The van der Waals surface area contributed by atoms with Gasteiger partial charge in [-0.1, -0.05) is 32.8 Å². The van der Waals surface area contributed by atoms with Gasteiger partial charge in [-0.05, 0) is 55.4 Å². The third kappa shape index (κ3) is 4.92. The number of benzene rings is 1. The molecule has 19 heavy (non-hydrogen) atoms. The number of aryl methyl sites for hydroxylation is 1. The summed E-state index contributed by atoms with van der Waals surface area (Å²) in [5.41, 5.74) is 5.13. The van der Waals surface area contributed by atoms with Crippen molar-refractivity contribution in [3.05, 3.63) is 35.1 Å². The van der Waals surface area contributed by atoms with E-state index in [1.54, 1.807) is 6.07 Å². The molecule has 0 spiro atoms. The Morgan fingerprint density at radius 1 is 1.21 bits per heavy atom. The van der Waals surface area contributed by atoms with Crippen molar-refractivity contribution in [2.45, 2.75) is 58.9 Å². The fraction of sp³-hybridized carbons (Fsp3) is 0.625. The lowest BCUT2D eigenvalue weighted by Gasteiger charge is -2.27. The van der Waals surface area contributed by atoms with Crippen molar-refractivity contribution in [3.63, 3.8) is 0 Å². The summed E-state index contributed by atoms with van der Waals surface area (Å²) in [6.45, 7) is 6.42. The number of halogens is 1. The summed E-state index contributed by atoms with van der Waals surface area (Å²) in [5.74, 6) is 6.12. The molecule has 1 aromatic carbocycles. The first-order chi connectivity index (χ1) is 9.12. The van der Waals surface area contributed by atoms with E-state index in [0.717, 1.165) is 43.2 Å². The highest BCUT2D eigenvalue weighted by Crippen LogP contribution is 2.22. The lowest BCUT2D eigenvalue weighted by molar-refractivity contribution is 0.311. The molecule has 0 bridgehead atoms. The molecule has 0 saturated carbocycles. The Morgan fingerprint density at radius 3 is 2.37 bits per heavy atom. The van der Waals surface area contributed by atoms with E-state index in [1.165, 1.54) is 6.07 Å². The van der Waals surface area contributed by atoms with E-state index in [0.29, 0.717) is 5.92 Å². The van der Waals surface area contributed by atoms with Crippen molar-refractivity contribution >= 4 is 0 Å². The molecule has 0 aliphatic carbocycles. The largest absolute Gasteiger partial charge is 0.271 e. The highest BCUT2D eigenvalue weighted by molar-refractivity contribution is 5.27. The molecule has 3 N–H and O–H groups in total. The molecule has 0 fully saturated rings. The Morgan fingerprint density at radius 2 is 1.84 bits per heavy atom. The lowest BCUT2D eigenvalue weighted by atomic mass is 9.86. The summed E-state index contributed by atoms with van der Waals surface area (Å²) < 4.78 is 13.3. The molecule has 0 aliphatic rings. The number of hydrazine groups is 1. The molecule has 0 saturated heterocycles. The first-order valence-corrected chi connectivity index (χ1v) is 7.33. The minimum absolute atomic E-state index is 0.168. The van der Waals surface area contributed by atoms with E-state index >= 15 is 0 Å². The van der Waals surface area contributed by atoms with Crippen molar-refractivity contribution in [3.8, 4) is 0 Å². The summed E-state index contributed by atoms with van der Waals surface area (Å²) in [6.07, 6.45) is 5.44. The maximum absolute atomic E-state index is 13.3. The van der Waals surface area contributed by atoms with Crippen LogP contribution in [0.5, 0.6) is 0 Å². The highest BCUT2D eigenvalue weighted by Gasteiger charge is 2.20. The molecule has 3 heteroatoms. The summed E-state index contributed by atoms with van der Waals surface area (Å²) in [4.78, 5) is 0. The van der Waals surface area contributed by atoms with Crippen LogP contribution in [0, 0.1) is 18.7 Å². The van der Waals surface area contributed by atoms with Gasteiger partial charge in [0, 0.05) is 6.04 Å². The van der Waals surface area contributed by atoms with Gasteiger partial charge in [0.15, 0.2) is 0 Å². The second-order valence-corrected chi connectivity index (χ2v) is 5.39. The molecule has 0 radical (unpaired) electrons. The van der Waals surface area contributed by atoms with Gasteiger partial charge in [-0.15, -0.1) is 0 Å². The van der Waals surface area contributed by atoms with Crippen LogP contribution in [0.15, 0.2) is 18.2 Å². The van der Waals surface area contributed by atoms with E-state index in [2.05, 4.69) is 19.3 Å². The van der Waals surface area contributed by atoms with Gasteiger partial charge in [-0.3, -0.25) is 11.3 Å². The van der Waals surface area contributed by atoms with Gasteiger partial charge < -0.3 is 0 Å². The Balaban J connectivity index is 2.81. The van der Waals surface area contributed by atoms with Crippen molar-refractivity contribution in [1.82, 2.24) is 5.43 Å². The zero-order chi connectivity index (χ0) is 14.3. The van der Waals surface area contributed by atoms with E-state index in [4.69, 9.17) is 5.84 Å². The van der Waals surface area contributed by atoms with E-state index < -0.39 is 0 Å². The van der Waals surface area contributed by atoms with Crippen LogP contribution in [0.1, 0.15) is 50.7 Å². The summed E-state index contributed by atoms with van der Waals surface area (Å²) in [6, 6.07) is 5.21. The molecule has 1 atom stereocenters. The van der Waals surface area contributed by atoms with Gasteiger partial charge >= 0.3 is 0 Å². The SMILES string of the molecule is CCCC(CCC)C(Cc1cc(F)ccc1C)NN. The van der Waals surface area contributed by atoms with Crippen molar-refractivity contribution in [1.29, 1.82) is 0 Å². The Labute approximate surface area is 116 Å². The van der Waals surface area contributed by atoms with Gasteiger partial charge in [-0.2, -0.15) is 0 Å². The Hall–Kier alpha value is -0.930. The maximum atomic E-state index is 13.3. The molecular formula is C16H27FN2. The average molecular weight is 266 g/mol. The minimum atomic E-state index is -0.168. The van der Waals surface area contributed by atoms with Crippen LogP contribution in [0.3, 0.4) is 0 Å². The number of rotatable bonds is 8. The molecule has 1 rings (SSSR count). The molecule has 0 heterocycles. The molecule has 0 amide bonds. The van der Waals surface area contributed by atoms with Crippen LogP contribution in [-0.2, 0) is 6.42 Å². The van der Waals surface area contributed by atoms with E-state index in [9.17, 15) is 4.39 Å². The van der Waals surface area contributed by atoms with Gasteiger partial charge in [0.2, 0.25) is 0 Å². The summed E-state index contributed by atoms with van der Waals surface area (Å²) >= 11 is 0. The monoisotopic (exact) mass is 266 g/mol. The van der Waals surface area contributed by atoms with Crippen molar-refractivity contribution in [2.75, 3.05) is 0 Å². The summed E-state index contributed by atoms with van der Waals surface area (Å²) in [5, 5.41) is 0. The fourth-order valence-electron chi connectivity index (χ4n) is 2.75. The predicted molar refractivity (Wildman–Crippen MR) is 79.3 cm³/mol. The normalized spacial score (nSPS) is 12.9.